The van der Waals surface area contributed by atoms with Gasteiger partial charge in [0, 0.05) is 16.0 Å². The van der Waals surface area contributed by atoms with E-state index < -0.39 is 0 Å². The van der Waals surface area contributed by atoms with Crippen LogP contribution in [0.5, 0.6) is 11.6 Å². The van der Waals surface area contributed by atoms with Crippen molar-refractivity contribution >= 4 is 22.6 Å². The molecule has 0 saturated heterocycles. The van der Waals surface area contributed by atoms with Crippen LogP contribution in [0.1, 0.15) is 0 Å². The summed E-state index contributed by atoms with van der Waals surface area (Å²) in [6, 6.07) is 7.37. The molecule has 1 N–H and O–H groups in total. The molecule has 4 nitrogen and oxygen atoms in total. The van der Waals surface area contributed by atoms with Crippen molar-refractivity contribution < 1.29 is 4.74 Å². The van der Waals surface area contributed by atoms with Gasteiger partial charge in [0.25, 0.3) is 5.88 Å². The van der Waals surface area contributed by atoms with Crippen LogP contribution in [0, 0.1) is 3.57 Å². The van der Waals surface area contributed by atoms with Crippen molar-refractivity contribution in [1.82, 2.24) is 9.97 Å². The second-order valence-electron chi connectivity index (χ2n) is 2.78. The molecule has 0 spiro atoms. The first kappa shape index (κ1) is 10.2. The minimum Gasteiger partial charge on any atom is -0.435 e. The van der Waals surface area contributed by atoms with Crippen molar-refractivity contribution in [3.05, 3.63) is 50.6 Å². The molecule has 0 bridgehead atoms. The Morgan fingerprint density at radius 3 is 2.67 bits per heavy atom. The minimum absolute atomic E-state index is 0.0544. The van der Waals surface area contributed by atoms with E-state index in [-0.39, 0.29) is 11.4 Å². The maximum atomic E-state index is 11.2. The van der Waals surface area contributed by atoms with Crippen molar-refractivity contribution in [3.8, 4) is 11.6 Å². The lowest BCUT2D eigenvalue weighted by Crippen LogP contribution is -2.09. The van der Waals surface area contributed by atoms with Crippen molar-refractivity contribution in [1.29, 1.82) is 0 Å². The van der Waals surface area contributed by atoms with Gasteiger partial charge in [-0.2, -0.15) is 0 Å². The number of aromatic nitrogens is 2. The third-order valence-corrected chi connectivity index (χ3v) is 2.42. The van der Waals surface area contributed by atoms with Crippen molar-refractivity contribution in [2.45, 2.75) is 0 Å². The van der Waals surface area contributed by atoms with E-state index in [0.29, 0.717) is 5.75 Å². The highest BCUT2D eigenvalue weighted by Gasteiger charge is 2.02. The number of aromatic amines is 1. The van der Waals surface area contributed by atoms with Crippen molar-refractivity contribution in [2.75, 3.05) is 0 Å². The number of halogens is 1. The summed E-state index contributed by atoms with van der Waals surface area (Å²) in [5, 5.41) is 0. The first-order valence-electron chi connectivity index (χ1n) is 4.23. The Morgan fingerprint density at radius 2 is 2.00 bits per heavy atom. The van der Waals surface area contributed by atoms with Crippen molar-refractivity contribution in [2.24, 2.45) is 0 Å². The SMILES string of the molecule is O=c1[nH]ccnc1Oc1ccc(I)cc1. The predicted molar refractivity (Wildman–Crippen MR) is 64.1 cm³/mol. The maximum Gasteiger partial charge on any atom is 0.311 e. The fraction of sp³-hybridized carbons (Fsp3) is 0. The number of H-pyrrole nitrogens is 1. The summed E-state index contributed by atoms with van der Waals surface area (Å²) in [7, 11) is 0. The van der Waals surface area contributed by atoms with Crippen LogP contribution in [-0.2, 0) is 0 Å². The highest BCUT2D eigenvalue weighted by molar-refractivity contribution is 14.1. The molecule has 76 valence electrons. The van der Waals surface area contributed by atoms with Gasteiger partial charge < -0.3 is 9.72 Å². The lowest BCUT2D eigenvalue weighted by Gasteiger charge is -2.02. The van der Waals surface area contributed by atoms with E-state index in [1.54, 1.807) is 12.1 Å². The van der Waals surface area contributed by atoms with Gasteiger partial charge in [0.05, 0.1) is 0 Å². The van der Waals surface area contributed by atoms with E-state index in [9.17, 15) is 4.79 Å². The number of rotatable bonds is 2. The van der Waals surface area contributed by atoms with Crippen LogP contribution in [0.3, 0.4) is 0 Å². The summed E-state index contributed by atoms with van der Waals surface area (Å²) < 4.78 is 6.41. The van der Waals surface area contributed by atoms with Crippen LogP contribution in [0.4, 0.5) is 0 Å². The fourth-order valence-electron chi connectivity index (χ4n) is 1.03. The second-order valence-corrected chi connectivity index (χ2v) is 4.03. The molecule has 1 aromatic heterocycles. The molecule has 0 aliphatic heterocycles. The summed E-state index contributed by atoms with van der Waals surface area (Å²) in [5.41, 5.74) is -0.337. The Balaban J connectivity index is 2.26. The summed E-state index contributed by atoms with van der Waals surface area (Å²) in [5.74, 6) is 0.651. The molecule has 15 heavy (non-hydrogen) atoms. The standard InChI is InChI=1S/C10H7IN2O2/c11-7-1-3-8(4-2-7)15-10-9(14)12-5-6-13-10/h1-6H,(H,12,14). The van der Waals surface area contributed by atoms with Gasteiger partial charge in [0.1, 0.15) is 5.75 Å². The molecule has 1 heterocycles. The minimum atomic E-state index is -0.337. The number of hydrogen-bond acceptors (Lipinski definition) is 3. The van der Waals surface area contributed by atoms with Gasteiger partial charge in [-0.1, -0.05) is 0 Å². The number of ether oxygens (including phenoxy) is 1. The predicted octanol–water partition coefficient (Wildman–Crippen LogP) is 2.17. The molecular formula is C10H7IN2O2. The van der Waals surface area contributed by atoms with Gasteiger partial charge in [-0.15, -0.1) is 0 Å². The highest BCUT2D eigenvalue weighted by Crippen LogP contribution is 2.17. The van der Waals surface area contributed by atoms with Crippen LogP contribution in [0.2, 0.25) is 0 Å². The Morgan fingerprint density at radius 1 is 1.27 bits per heavy atom. The van der Waals surface area contributed by atoms with Crippen LogP contribution < -0.4 is 10.3 Å². The first-order valence-corrected chi connectivity index (χ1v) is 5.31. The molecule has 0 radical (unpaired) electrons. The van der Waals surface area contributed by atoms with E-state index >= 15 is 0 Å². The molecule has 0 amide bonds. The summed E-state index contributed by atoms with van der Waals surface area (Å²) in [4.78, 5) is 17.6. The first-order chi connectivity index (χ1) is 7.25. The number of benzene rings is 1. The summed E-state index contributed by atoms with van der Waals surface area (Å²) >= 11 is 2.20. The smallest absolute Gasteiger partial charge is 0.311 e. The Labute approximate surface area is 99.5 Å². The topological polar surface area (TPSA) is 55.0 Å². The van der Waals surface area contributed by atoms with Gasteiger partial charge in [-0.25, -0.2) is 4.98 Å². The van der Waals surface area contributed by atoms with Crippen LogP contribution in [-0.4, -0.2) is 9.97 Å². The average molecular weight is 314 g/mol. The molecule has 0 fully saturated rings. The molecule has 1 aromatic carbocycles. The van der Waals surface area contributed by atoms with E-state index in [4.69, 9.17) is 4.74 Å². The van der Waals surface area contributed by atoms with Gasteiger partial charge in [-0.05, 0) is 46.9 Å². The Bertz CT molecular complexity index is 507. The van der Waals surface area contributed by atoms with Gasteiger partial charge in [0.15, 0.2) is 0 Å². The highest BCUT2D eigenvalue weighted by atomic mass is 127. The number of hydrogen-bond donors (Lipinski definition) is 1. The van der Waals surface area contributed by atoms with E-state index in [2.05, 4.69) is 32.6 Å². The van der Waals surface area contributed by atoms with E-state index in [0.717, 1.165) is 3.57 Å². The van der Waals surface area contributed by atoms with Crippen LogP contribution in [0.15, 0.2) is 41.5 Å². The van der Waals surface area contributed by atoms with E-state index in [1.807, 2.05) is 12.1 Å². The third-order valence-electron chi connectivity index (χ3n) is 1.70. The largest absolute Gasteiger partial charge is 0.435 e. The zero-order chi connectivity index (χ0) is 10.7. The molecular weight excluding hydrogens is 307 g/mol. The Kier molecular flexibility index (Phi) is 3.00. The van der Waals surface area contributed by atoms with Gasteiger partial charge in [-0.3, -0.25) is 4.79 Å². The zero-order valence-corrected chi connectivity index (χ0v) is 9.76. The Hall–Kier alpha value is -1.37. The number of nitrogens with zero attached hydrogens (tertiary/aromatic N) is 1. The maximum absolute atomic E-state index is 11.2. The number of nitrogens with one attached hydrogen (secondary N) is 1. The van der Waals surface area contributed by atoms with Gasteiger partial charge >= 0.3 is 5.56 Å². The van der Waals surface area contributed by atoms with E-state index in [1.165, 1.54) is 12.4 Å². The van der Waals surface area contributed by atoms with Crippen LogP contribution in [0.25, 0.3) is 0 Å². The molecule has 0 aliphatic rings. The van der Waals surface area contributed by atoms with Gasteiger partial charge in [0.2, 0.25) is 0 Å². The lowest BCUT2D eigenvalue weighted by molar-refractivity contribution is 0.454. The molecule has 2 rings (SSSR count). The molecule has 0 atom stereocenters. The quantitative estimate of drug-likeness (QED) is 0.864. The molecule has 0 aliphatic carbocycles. The summed E-state index contributed by atoms with van der Waals surface area (Å²) in [6.45, 7) is 0. The molecule has 2 aromatic rings. The monoisotopic (exact) mass is 314 g/mol. The zero-order valence-electron chi connectivity index (χ0n) is 7.61. The fourth-order valence-corrected chi connectivity index (χ4v) is 1.38. The normalized spacial score (nSPS) is 9.93. The van der Waals surface area contributed by atoms with Crippen LogP contribution >= 0.6 is 22.6 Å². The lowest BCUT2D eigenvalue weighted by atomic mass is 10.3. The molecule has 0 saturated carbocycles. The molecule has 5 heteroatoms. The third kappa shape index (κ3) is 2.56. The molecule has 0 unspecified atom stereocenters. The average Bonchev–Trinajstić information content (AvgIpc) is 2.25. The summed E-state index contributed by atoms with van der Waals surface area (Å²) in [6.07, 6.45) is 2.94. The second kappa shape index (κ2) is 4.43. The van der Waals surface area contributed by atoms with Crippen molar-refractivity contribution in [3.63, 3.8) is 0 Å².